The van der Waals surface area contributed by atoms with Gasteiger partial charge in [-0.2, -0.15) is 15.0 Å². The highest BCUT2D eigenvalue weighted by atomic mass is 16.5. The molecular weight excluding hydrogens is 356 g/mol. The van der Waals surface area contributed by atoms with Crippen LogP contribution in [0.5, 0.6) is 6.01 Å². The fourth-order valence-electron chi connectivity index (χ4n) is 3.15. The van der Waals surface area contributed by atoms with Gasteiger partial charge in [0.1, 0.15) is 5.76 Å². The van der Waals surface area contributed by atoms with Crippen molar-refractivity contribution < 1.29 is 9.15 Å². The molecule has 4 rings (SSSR count). The van der Waals surface area contributed by atoms with Gasteiger partial charge < -0.3 is 24.7 Å². The molecule has 146 valence electrons. The van der Waals surface area contributed by atoms with Crippen LogP contribution in [0.4, 0.5) is 23.3 Å². The van der Waals surface area contributed by atoms with Gasteiger partial charge in [-0.25, -0.2) is 0 Å². The Bertz CT molecular complexity index is 893. The number of ether oxygens (including phenoxy) is 1. The molecule has 0 atom stereocenters. The van der Waals surface area contributed by atoms with E-state index in [0.717, 1.165) is 24.5 Å². The summed E-state index contributed by atoms with van der Waals surface area (Å²) in [6.07, 6.45) is 4.12. The maximum Gasteiger partial charge on any atom is 0.323 e. The number of anilines is 4. The highest BCUT2D eigenvalue weighted by molar-refractivity contribution is 5.62. The van der Waals surface area contributed by atoms with Gasteiger partial charge in [0.2, 0.25) is 11.9 Å². The molecule has 8 heteroatoms. The van der Waals surface area contributed by atoms with Gasteiger partial charge in [0.05, 0.1) is 19.4 Å². The first-order valence-corrected chi connectivity index (χ1v) is 9.57. The van der Waals surface area contributed by atoms with Crippen molar-refractivity contribution in [3.05, 3.63) is 48.4 Å². The van der Waals surface area contributed by atoms with Gasteiger partial charge >= 0.3 is 6.01 Å². The largest absolute Gasteiger partial charge is 0.467 e. The SMILES string of the molecule is CCOc1nc(NCc2ccco2)nc(Nc2cccc(N3CCCC3)c2)n1. The molecule has 0 unspecified atom stereocenters. The van der Waals surface area contributed by atoms with E-state index < -0.39 is 0 Å². The van der Waals surface area contributed by atoms with E-state index in [9.17, 15) is 0 Å². The summed E-state index contributed by atoms with van der Waals surface area (Å²) in [5.41, 5.74) is 2.13. The molecule has 8 nitrogen and oxygen atoms in total. The van der Waals surface area contributed by atoms with E-state index in [1.165, 1.54) is 18.5 Å². The number of nitrogens with zero attached hydrogens (tertiary/aromatic N) is 4. The zero-order valence-corrected chi connectivity index (χ0v) is 15.9. The van der Waals surface area contributed by atoms with Crippen molar-refractivity contribution in [3.63, 3.8) is 0 Å². The molecule has 2 aromatic heterocycles. The lowest BCUT2D eigenvalue weighted by atomic mass is 10.2. The summed E-state index contributed by atoms with van der Waals surface area (Å²) in [5.74, 6) is 1.65. The van der Waals surface area contributed by atoms with Gasteiger partial charge in [0, 0.05) is 24.5 Å². The van der Waals surface area contributed by atoms with Crippen molar-refractivity contribution in [2.45, 2.75) is 26.3 Å². The van der Waals surface area contributed by atoms with E-state index in [-0.39, 0.29) is 6.01 Å². The van der Waals surface area contributed by atoms with Crippen molar-refractivity contribution in [2.24, 2.45) is 0 Å². The van der Waals surface area contributed by atoms with Crippen LogP contribution in [0.15, 0.2) is 47.1 Å². The zero-order chi connectivity index (χ0) is 19.2. The van der Waals surface area contributed by atoms with Crippen LogP contribution in [0, 0.1) is 0 Å². The Morgan fingerprint density at radius 2 is 1.93 bits per heavy atom. The van der Waals surface area contributed by atoms with E-state index >= 15 is 0 Å². The predicted molar refractivity (Wildman–Crippen MR) is 108 cm³/mol. The van der Waals surface area contributed by atoms with Gasteiger partial charge in [0.25, 0.3) is 0 Å². The molecule has 0 spiro atoms. The summed E-state index contributed by atoms with van der Waals surface area (Å²) in [6, 6.07) is 12.3. The predicted octanol–water partition coefficient (Wildman–Crippen LogP) is 3.82. The first-order chi connectivity index (χ1) is 13.8. The molecule has 3 aromatic rings. The maximum absolute atomic E-state index is 5.49. The second kappa shape index (κ2) is 8.60. The molecule has 28 heavy (non-hydrogen) atoms. The Kier molecular flexibility index (Phi) is 5.56. The third-order valence-electron chi connectivity index (χ3n) is 4.46. The molecule has 2 N–H and O–H groups in total. The Balaban J connectivity index is 1.51. The molecule has 1 saturated heterocycles. The van der Waals surface area contributed by atoms with Crippen LogP contribution in [-0.4, -0.2) is 34.6 Å². The molecular formula is C20H24N6O2. The highest BCUT2D eigenvalue weighted by Crippen LogP contribution is 2.25. The van der Waals surface area contributed by atoms with Crippen LogP contribution >= 0.6 is 0 Å². The molecule has 0 bridgehead atoms. The number of furan rings is 1. The first kappa shape index (κ1) is 18.1. The Morgan fingerprint density at radius 3 is 2.71 bits per heavy atom. The minimum atomic E-state index is 0.276. The van der Waals surface area contributed by atoms with Crippen molar-refractivity contribution in [3.8, 4) is 6.01 Å². The molecule has 0 saturated carbocycles. The molecule has 0 amide bonds. The monoisotopic (exact) mass is 380 g/mol. The minimum absolute atomic E-state index is 0.276. The average molecular weight is 380 g/mol. The van der Waals surface area contributed by atoms with Gasteiger partial charge in [-0.1, -0.05) is 6.07 Å². The zero-order valence-electron chi connectivity index (χ0n) is 15.9. The normalized spacial score (nSPS) is 13.5. The van der Waals surface area contributed by atoms with Gasteiger partial charge in [-0.3, -0.25) is 0 Å². The van der Waals surface area contributed by atoms with E-state index in [1.807, 2.05) is 31.2 Å². The number of rotatable bonds is 8. The third-order valence-corrected chi connectivity index (χ3v) is 4.46. The van der Waals surface area contributed by atoms with E-state index in [2.05, 4.69) is 42.6 Å². The molecule has 0 aliphatic carbocycles. The van der Waals surface area contributed by atoms with Crippen molar-refractivity contribution in [1.29, 1.82) is 0 Å². The highest BCUT2D eigenvalue weighted by Gasteiger charge is 2.13. The van der Waals surface area contributed by atoms with Crippen LogP contribution in [0.25, 0.3) is 0 Å². The van der Waals surface area contributed by atoms with Gasteiger partial charge in [-0.05, 0) is 50.1 Å². The molecule has 3 heterocycles. The quantitative estimate of drug-likeness (QED) is 0.610. The van der Waals surface area contributed by atoms with Crippen LogP contribution in [-0.2, 0) is 6.54 Å². The minimum Gasteiger partial charge on any atom is -0.467 e. The van der Waals surface area contributed by atoms with Crippen LogP contribution < -0.4 is 20.3 Å². The number of benzene rings is 1. The number of hydrogen-bond donors (Lipinski definition) is 2. The summed E-state index contributed by atoms with van der Waals surface area (Å²) in [5, 5.41) is 6.41. The van der Waals surface area contributed by atoms with Gasteiger partial charge in [0.15, 0.2) is 0 Å². The Labute approximate surface area is 164 Å². The van der Waals surface area contributed by atoms with Crippen LogP contribution in [0.3, 0.4) is 0 Å². The lowest BCUT2D eigenvalue weighted by Gasteiger charge is -2.18. The summed E-state index contributed by atoms with van der Waals surface area (Å²) < 4.78 is 10.8. The summed E-state index contributed by atoms with van der Waals surface area (Å²) in [7, 11) is 0. The first-order valence-electron chi connectivity index (χ1n) is 9.57. The fourth-order valence-corrected chi connectivity index (χ4v) is 3.15. The van der Waals surface area contributed by atoms with E-state index in [1.54, 1.807) is 6.26 Å². The fraction of sp³-hybridized carbons (Fsp3) is 0.350. The van der Waals surface area contributed by atoms with Crippen molar-refractivity contribution in [2.75, 3.05) is 35.2 Å². The number of hydrogen-bond acceptors (Lipinski definition) is 8. The standard InChI is InChI=1S/C20H24N6O2/c1-2-27-20-24-18(21-14-17-9-6-12-28-17)23-19(25-20)22-15-7-5-8-16(13-15)26-10-3-4-11-26/h5-9,12-13H,2-4,10-11,14H2,1H3,(H2,21,22,23,24,25). The number of nitrogens with one attached hydrogen (secondary N) is 2. The van der Waals surface area contributed by atoms with Gasteiger partial charge in [-0.15, -0.1) is 0 Å². The lowest BCUT2D eigenvalue weighted by Crippen LogP contribution is -2.17. The third kappa shape index (κ3) is 4.51. The second-order valence-electron chi connectivity index (χ2n) is 6.50. The van der Waals surface area contributed by atoms with Crippen molar-refractivity contribution >= 4 is 23.3 Å². The molecule has 0 radical (unpaired) electrons. The lowest BCUT2D eigenvalue weighted by molar-refractivity contribution is 0.312. The maximum atomic E-state index is 5.49. The number of aromatic nitrogens is 3. The average Bonchev–Trinajstić information content (AvgIpc) is 3.41. The van der Waals surface area contributed by atoms with Crippen molar-refractivity contribution in [1.82, 2.24) is 15.0 Å². The Morgan fingerprint density at radius 1 is 1.07 bits per heavy atom. The summed E-state index contributed by atoms with van der Waals surface area (Å²) in [6.45, 7) is 5.05. The van der Waals surface area contributed by atoms with Crippen LogP contribution in [0.2, 0.25) is 0 Å². The molecule has 1 aromatic carbocycles. The summed E-state index contributed by atoms with van der Waals surface area (Å²) >= 11 is 0. The smallest absolute Gasteiger partial charge is 0.323 e. The summed E-state index contributed by atoms with van der Waals surface area (Å²) in [4.78, 5) is 15.5. The Hall–Kier alpha value is -3.29. The molecule has 1 aliphatic rings. The molecule has 1 fully saturated rings. The topological polar surface area (TPSA) is 88.3 Å². The van der Waals surface area contributed by atoms with E-state index in [0.29, 0.717) is 25.0 Å². The molecule has 1 aliphatic heterocycles. The van der Waals surface area contributed by atoms with E-state index in [4.69, 9.17) is 9.15 Å². The van der Waals surface area contributed by atoms with Crippen LogP contribution in [0.1, 0.15) is 25.5 Å². The second-order valence-corrected chi connectivity index (χ2v) is 6.50.